The topological polar surface area (TPSA) is 23.8 Å². The molecule has 0 amide bonds. The molecular weight excluding hydrogens is 178 g/mol. The number of nitrogens with zero attached hydrogens (tertiary/aromatic N) is 1. The van der Waals surface area contributed by atoms with Crippen molar-refractivity contribution in [2.45, 2.75) is 30.9 Å². The van der Waals surface area contributed by atoms with Gasteiger partial charge in [0.1, 0.15) is 6.07 Å². The van der Waals surface area contributed by atoms with E-state index in [2.05, 4.69) is 19.9 Å². The van der Waals surface area contributed by atoms with Crippen LogP contribution in [0, 0.1) is 18.3 Å². The van der Waals surface area contributed by atoms with Crippen LogP contribution in [0.5, 0.6) is 0 Å². The highest BCUT2D eigenvalue weighted by atomic mass is 32.2. The van der Waals surface area contributed by atoms with E-state index in [1.165, 1.54) is 0 Å². The molecule has 1 aromatic rings. The quantitative estimate of drug-likeness (QED) is 0.669. The average molecular weight is 191 g/mol. The van der Waals surface area contributed by atoms with Crippen molar-refractivity contribution in [2.24, 2.45) is 0 Å². The molecule has 0 N–H and O–H groups in total. The third kappa shape index (κ3) is 2.78. The van der Waals surface area contributed by atoms with Crippen LogP contribution in [0.2, 0.25) is 0 Å². The van der Waals surface area contributed by atoms with Gasteiger partial charge in [0.05, 0.1) is 5.56 Å². The molecule has 13 heavy (non-hydrogen) atoms. The Morgan fingerprint density at radius 3 is 2.62 bits per heavy atom. The van der Waals surface area contributed by atoms with Gasteiger partial charge in [0.25, 0.3) is 0 Å². The Kier molecular flexibility index (Phi) is 3.39. The molecule has 0 atom stereocenters. The van der Waals surface area contributed by atoms with E-state index in [-0.39, 0.29) is 0 Å². The van der Waals surface area contributed by atoms with Gasteiger partial charge in [-0.15, -0.1) is 11.8 Å². The van der Waals surface area contributed by atoms with Crippen LogP contribution in [0.1, 0.15) is 25.0 Å². The maximum absolute atomic E-state index is 8.89. The first-order valence-corrected chi connectivity index (χ1v) is 5.19. The van der Waals surface area contributed by atoms with Crippen LogP contribution in [0.25, 0.3) is 0 Å². The predicted octanol–water partition coefficient (Wildman–Crippen LogP) is 3.37. The molecular formula is C11H13NS. The molecule has 2 heteroatoms. The van der Waals surface area contributed by atoms with E-state index in [0.717, 1.165) is 16.0 Å². The molecule has 1 rings (SSSR count). The number of rotatable bonds is 2. The Labute approximate surface area is 83.8 Å². The SMILES string of the molecule is Cc1ccc(SC(C)C)c(C#N)c1. The van der Waals surface area contributed by atoms with E-state index in [1.807, 2.05) is 25.1 Å². The molecule has 0 aliphatic carbocycles. The first-order chi connectivity index (χ1) is 6.13. The zero-order valence-corrected chi connectivity index (χ0v) is 8.98. The van der Waals surface area contributed by atoms with Crippen molar-refractivity contribution >= 4 is 11.8 Å². The number of hydrogen-bond acceptors (Lipinski definition) is 2. The van der Waals surface area contributed by atoms with Gasteiger partial charge in [0, 0.05) is 10.1 Å². The second-order valence-corrected chi connectivity index (χ2v) is 4.90. The number of thioether (sulfide) groups is 1. The average Bonchev–Trinajstić information content (AvgIpc) is 2.07. The Balaban J connectivity index is 3.01. The largest absolute Gasteiger partial charge is 0.192 e. The second-order valence-electron chi connectivity index (χ2n) is 3.28. The maximum atomic E-state index is 8.89. The van der Waals surface area contributed by atoms with E-state index in [9.17, 15) is 0 Å². The maximum Gasteiger partial charge on any atom is 0.100 e. The van der Waals surface area contributed by atoms with Crippen LogP contribution >= 0.6 is 11.8 Å². The van der Waals surface area contributed by atoms with Crippen LogP contribution in [-0.2, 0) is 0 Å². The Hall–Kier alpha value is -0.940. The van der Waals surface area contributed by atoms with Crippen LogP contribution < -0.4 is 0 Å². The smallest absolute Gasteiger partial charge is 0.100 e. The molecule has 0 radical (unpaired) electrons. The third-order valence-corrected chi connectivity index (χ3v) is 2.70. The Morgan fingerprint density at radius 1 is 1.38 bits per heavy atom. The van der Waals surface area contributed by atoms with Gasteiger partial charge in [0.15, 0.2) is 0 Å². The molecule has 0 aliphatic rings. The molecule has 68 valence electrons. The van der Waals surface area contributed by atoms with Gasteiger partial charge in [0.2, 0.25) is 0 Å². The fourth-order valence-electron chi connectivity index (χ4n) is 1.09. The summed E-state index contributed by atoms with van der Waals surface area (Å²) in [4.78, 5) is 1.09. The number of benzene rings is 1. The van der Waals surface area contributed by atoms with Gasteiger partial charge in [-0.2, -0.15) is 5.26 Å². The van der Waals surface area contributed by atoms with Gasteiger partial charge in [-0.05, 0) is 24.6 Å². The summed E-state index contributed by atoms with van der Waals surface area (Å²) in [7, 11) is 0. The second kappa shape index (κ2) is 4.34. The summed E-state index contributed by atoms with van der Waals surface area (Å²) < 4.78 is 0. The molecule has 1 nitrogen and oxygen atoms in total. The zero-order valence-electron chi connectivity index (χ0n) is 8.16. The Bertz CT molecular complexity index is 336. The number of hydrogen-bond donors (Lipinski definition) is 0. The summed E-state index contributed by atoms with van der Waals surface area (Å²) in [6.07, 6.45) is 0. The molecule has 0 spiro atoms. The summed E-state index contributed by atoms with van der Waals surface area (Å²) in [5, 5.41) is 9.42. The lowest BCUT2D eigenvalue weighted by Gasteiger charge is -2.06. The number of nitriles is 1. The molecule has 0 unspecified atom stereocenters. The normalized spacial score (nSPS) is 10.1. The number of aryl methyl sites for hydroxylation is 1. The van der Waals surface area contributed by atoms with Crippen LogP contribution in [0.4, 0.5) is 0 Å². The van der Waals surface area contributed by atoms with Crippen molar-refractivity contribution in [3.05, 3.63) is 29.3 Å². The Morgan fingerprint density at radius 2 is 2.08 bits per heavy atom. The highest BCUT2D eigenvalue weighted by Crippen LogP contribution is 2.26. The highest BCUT2D eigenvalue weighted by Gasteiger charge is 2.04. The van der Waals surface area contributed by atoms with Gasteiger partial charge < -0.3 is 0 Å². The van der Waals surface area contributed by atoms with Gasteiger partial charge in [-0.3, -0.25) is 0 Å². The van der Waals surface area contributed by atoms with E-state index in [1.54, 1.807) is 11.8 Å². The minimum atomic E-state index is 0.523. The minimum Gasteiger partial charge on any atom is -0.192 e. The lowest BCUT2D eigenvalue weighted by atomic mass is 10.2. The van der Waals surface area contributed by atoms with Crippen LogP contribution in [0.3, 0.4) is 0 Å². The van der Waals surface area contributed by atoms with Crippen LogP contribution in [-0.4, -0.2) is 5.25 Å². The molecule has 0 aromatic heterocycles. The van der Waals surface area contributed by atoms with E-state index in [4.69, 9.17) is 5.26 Å². The van der Waals surface area contributed by atoms with Gasteiger partial charge >= 0.3 is 0 Å². The lowest BCUT2D eigenvalue weighted by Crippen LogP contribution is -1.89. The molecule has 0 aliphatic heterocycles. The van der Waals surface area contributed by atoms with Crippen molar-refractivity contribution < 1.29 is 0 Å². The van der Waals surface area contributed by atoms with E-state index >= 15 is 0 Å². The summed E-state index contributed by atoms with van der Waals surface area (Å²) in [6, 6.07) is 8.23. The fraction of sp³-hybridized carbons (Fsp3) is 0.364. The van der Waals surface area contributed by atoms with E-state index < -0.39 is 0 Å². The summed E-state index contributed by atoms with van der Waals surface area (Å²) in [6.45, 7) is 6.27. The molecule has 0 bridgehead atoms. The fourth-order valence-corrected chi connectivity index (χ4v) is 1.97. The van der Waals surface area contributed by atoms with Gasteiger partial charge in [-0.1, -0.05) is 19.9 Å². The molecule has 0 fully saturated rings. The van der Waals surface area contributed by atoms with E-state index in [0.29, 0.717) is 5.25 Å². The minimum absolute atomic E-state index is 0.523. The van der Waals surface area contributed by atoms with Crippen molar-refractivity contribution in [3.63, 3.8) is 0 Å². The standard InChI is InChI=1S/C11H13NS/c1-8(2)13-11-5-4-9(3)6-10(11)7-12/h4-6,8H,1-3H3. The van der Waals surface area contributed by atoms with Crippen LogP contribution in [0.15, 0.2) is 23.1 Å². The summed E-state index contributed by atoms with van der Waals surface area (Å²) in [5.41, 5.74) is 1.93. The first kappa shape index (κ1) is 10.1. The zero-order chi connectivity index (χ0) is 9.84. The summed E-state index contributed by atoms with van der Waals surface area (Å²) >= 11 is 1.74. The van der Waals surface area contributed by atoms with Crippen molar-refractivity contribution in [1.29, 1.82) is 5.26 Å². The van der Waals surface area contributed by atoms with Crippen molar-refractivity contribution in [2.75, 3.05) is 0 Å². The lowest BCUT2D eigenvalue weighted by molar-refractivity contribution is 1.11. The first-order valence-electron chi connectivity index (χ1n) is 4.31. The summed E-state index contributed by atoms with van der Waals surface area (Å²) in [5.74, 6) is 0. The third-order valence-electron chi connectivity index (χ3n) is 1.62. The highest BCUT2D eigenvalue weighted by molar-refractivity contribution is 8.00. The molecule has 0 heterocycles. The predicted molar refractivity (Wildman–Crippen MR) is 56.9 cm³/mol. The van der Waals surface area contributed by atoms with Crippen molar-refractivity contribution in [3.8, 4) is 6.07 Å². The molecule has 0 saturated carbocycles. The van der Waals surface area contributed by atoms with Gasteiger partial charge in [-0.25, -0.2) is 0 Å². The monoisotopic (exact) mass is 191 g/mol. The molecule has 1 aromatic carbocycles. The molecule has 0 saturated heterocycles. The van der Waals surface area contributed by atoms with Crippen molar-refractivity contribution in [1.82, 2.24) is 0 Å².